The molecule has 8 heteroatoms. The Kier molecular flexibility index (Phi) is 6.94. The topological polar surface area (TPSA) is 104 Å². The molecule has 6 aliphatic rings. The van der Waals surface area contributed by atoms with Crippen LogP contribution in [-0.2, 0) is 32.1 Å². The molecule has 2 amide bonds. The number of ether oxygens (including phenoxy) is 1. The molecule has 3 aliphatic heterocycles. The van der Waals surface area contributed by atoms with Gasteiger partial charge in [-0.25, -0.2) is 0 Å². The second-order valence-corrected chi connectivity index (χ2v) is 13.5. The third kappa shape index (κ3) is 4.61. The Labute approximate surface area is 267 Å². The molecular weight excluding hydrogens is 580 g/mol. The molecule has 2 aromatic rings. The molecule has 4 atom stereocenters. The lowest BCUT2D eigenvalue weighted by Gasteiger charge is -2.43. The minimum atomic E-state index is -0.567. The Hall–Kier alpha value is -4.56. The Morgan fingerprint density at radius 3 is 2.52 bits per heavy atom. The number of benzene rings is 2. The maximum Gasteiger partial charge on any atom is 0.233 e. The molecule has 0 radical (unpaired) electrons. The molecule has 234 valence electrons. The number of hydrogen-bond acceptors (Lipinski definition) is 7. The Morgan fingerprint density at radius 2 is 1.74 bits per heavy atom. The van der Waals surface area contributed by atoms with Crippen molar-refractivity contribution in [2.45, 2.75) is 51.6 Å². The van der Waals surface area contributed by atoms with Gasteiger partial charge in [-0.2, -0.15) is 0 Å². The fourth-order valence-corrected chi connectivity index (χ4v) is 8.73. The van der Waals surface area contributed by atoms with Crippen LogP contribution in [0, 0.1) is 23.7 Å². The third-order valence-corrected chi connectivity index (χ3v) is 10.9. The highest BCUT2D eigenvalue weighted by molar-refractivity contribution is 6.23. The van der Waals surface area contributed by atoms with E-state index in [4.69, 9.17) is 4.74 Å². The van der Waals surface area contributed by atoms with E-state index in [0.29, 0.717) is 35.3 Å². The van der Waals surface area contributed by atoms with Gasteiger partial charge in [0.25, 0.3) is 0 Å². The number of fused-ring (bicyclic) bond motifs is 4. The summed E-state index contributed by atoms with van der Waals surface area (Å²) in [4.78, 5) is 59.4. The van der Waals surface area contributed by atoms with Crippen molar-refractivity contribution in [2.24, 2.45) is 23.7 Å². The number of piperidine rings is 1. The maximum atomic E-state index is 14.3. The number of aromatic hydroxyl groups is 1. The van der Waals surface area contributed by atoms with Gasteiger partial charge in [0.1, 0.15) is 11.5 Å². The number of hydrogen-bond donors (Lipinski definition) is 1. The molecule has 0 saturated carbocycles. The van der Waals surface area contributed by atoms with Gasteiger partial charge in [0.2, 0.25) is 11.8 Å². The van der Waals surface area contributed by atoms with Crippen LogP contribution >= 0.6 is 0 Å². The summed E-state index contributed by atoms with van der Waals surface area (Å²) in [6.07, 6.45) is 7.71. The Balaban J connectivity index is 1.09. The molecule has 0 bridgehead atoms. The van der Waals surface area contributed by atoms with E-state index >= 15 is 0 Å². The molecule has 1 N–H and O–H groups in total. The van der Waals surface area contributed by atoms with Crippen LogP contribution < -0.4 is 4.74 Å². The molecule has 0 aromatic heterocycles. The van der Waals surface area contributed by atoms with Crippen LogP contribution in [0.1, 0.15) is 43.7 Å². The van der Waals surface area contributed by atoms with Crippen molar-refractivity contribution < 1.29 is 29.0 Å². The number of likely N-dealkylation sites (tertiary alicyclic amines) is 2. The van der Waals surface area contributed by atoms with Gasteiger partial charge in [0.05, 0.1) is 18.1 Å². The number of allylic oxidation sites excluding steroid dienone is 7. The van der Waals surface area contributed by atoms with E-state index in [1.54, 1.807) is 36.3 Å². The van der Waals surface area contributed by atoms with Crippen LogP contribution in [0.25, 0.3) is 0 Å². The van der Waals surface area contributed by atoms with Crippen LogP contribution in [0.4, 0.5) is 0 Å². The number of Topliss-reactive ketones (excluding diaryl/α,β-unsaturated/α-hetero) is 1. The normalized spacial score (nSPS) is 28.1. The Bertz CT molecular complexity index is 1810. The van der Waals surface area contributed by atoms with Gasteiger partial charge in [-0.1, -0.05) is 42.0 Å². The van der Waals surface area contributed by atoms with Gasteiger partial charge in [0, 0.05) is 60.3 Å². The summed E-state index contributed by atoms with van der Waals surface area (Å²) in [7, 11) is 0. The second-order valence-electron chi connectivity index (χ2n) is 13.5. The van der Waals surface area contributed by atoms with Crippen LogP contribution in [0.5, 0.6) is 11.5 Å². The highest BCUT2D eigenvalue weighted by Gasteiger charge is 2.57. The summed E-state index contributed by atoms with van der Waals surface area (Å²) in [6, 6.07) is 15.1. The number of ketones is 2. The summed E-state index contributed by atoms with van der Waals surface area (Å²) in [5, 5.41) is 10.2. The quantitative estimate of drug-likeness (QED) is 0.298. The second kappa shape index (κ2) is 11.1. The van der Waals surface area contributed by atoms with Gasteiger partial charge >= 0.3 is 0 Å². The molecule has 2 saturated heterocycles. The molecule has 3 aliphatic carbocycles. The molecule has 4 unspecified atom stereocenters. The number of nitrogens with zero attached hydrogens (tertiary/aromatic N) is 2. The largest absolute Gasteiger partial charge is 0.508 e. The average Bonchev–Trinajstić information content (AvgIpc) is 3.32. The lowest BCUT2D eigenvalue weighted by Crippen LogP contribution is -2.48. The fourth-order valence-electron chi connectivity index (χ4n) is 8.73. The zero-order chi connectivity index (χ0) is 31.7. The lowest BCUT2D eigenvalue weighted by molar-refractivity contribution is -0.144. The van der Waals surface area contributed by atoms with Gasteiger partial charge in [-0.15, -0.1) is 0 Å². The first-order valence-corrected chi connectivity index (χ1v) is 16.3. The summed E-state index contributed by atoms with van der Waals surface area (Å²) in [6.45, 7) is 4.13. The molecule has 8 rings (SSSR count). The highest BCUT2D eigenvalue weighted by Crippen LogP contribution is 2.55. The van der Waals surface area contributed by atoms with Crippen LogP contribution in [0.3, 0.4) is 0 Å². The highest BCUT2D eigenvalue weighted by atomic mass is 16.5. The molecule has 2 aromatic carbocycles. The predicted molar refractivity (Wildman–Crippen MR) is 169 cm³/mol. The molecular formula is C38H36N2O6. The van der Waals surface area contributed by atoms with Crippen LogP contribution in [0.2, 0.25) is 0 Å². The summed E-state index contributed by atoms with van der Waals surface area (Å²) in [5.74, 6) is -1.79. The number of rotatable bonds is 4. The zero-order valence-electron chi connectivity index (χ0n) is 25.8. The van der Waals surface area contributed by atoms with Crippen molar-refractivity contribution in [3.8, 4) is 11.5 Å². The van der Waals surface area contributed by atoms with Crippen molar-refractivity contribution >= 4 is 23.4 Å². The van der Waals surface area contributed by atoms with Gasteiger partial charge in [0.15, 0.2) is 11.6 Å². The van der Waals surface area contributed by atoms with Crippen molar-refractivity contribution in [3.05, 3.63) is 106 Å². The minimum Gasteiger partial charge on any atom is -0.508 e. The molecule has 3 heterocycles. The minimum absolute atomic E-state index is 0.102. The number of imide groups is 1. The van der Waals surface area contributed by atoms with Crippen LogP contribution in [-0.4, -0.2) is 57.4 Å². The van der Waals surface area contributed by atoms with Crippen LogP contribution in [0.15, 0.2) is 94.8 Å². The number of carbonyl (C=O) groups excluding carboxylic acids is 4. The van der Waals surface area contributed by atoms with Crippen molar-refractivity contribution in [2.75, 3.05) is 13.1 Å². The SMILES string of the molecule is CC1=CC(=O)C2=C(C1=O)C(C1=COc3ccc(O)cc3C1)C1=CCC3C(=O)N(C4CCN(Cc5ccccc5)CC4)C(=O)C3C1C2. The number of phenols is 1. The van der Waals surface area contributed by atoms with Gasteiger partial charge in [-0.3, -0.25) is 29.0 Å². The lowest BCUT2D eigenvalue weighted by atomic mass is 9.58. The standard InChI is InChI=1S/C38H36N2O6/c1-21-15-31(42)30-18-29-27(33(35(30)36(21)43)24-16-23-17-26(41)7-10-32(23)46-20-24)8-9-28-34(29)38(45)40(37(28)44)25-11-13-39(14-12-25)19-22-5-3-2-4-6-22/h2-8,10,15,17,20,25,28-29,33-34,41H,9,11-14,16,18-19H2,1H3. The summed E-state index contributed by atoms with van der Waals surface area (Å²) < 4.78 is 5.99. The van der Waals surface area contributed by atoms with Crippen molar-refractivity contribution in [3.63, 3.8) is 0 Å². The average molecular weight is 617 g/mol. The van der Waals surface area contributed by atoms with E-state index in [9.17, 15) is 24.3 Å². The molecule has 0 spiro atoms. The van der Waals surface area contributed by atoms with E-state index in [1.807, 2.05) is 18.2 Å². The number of carbonyl (C=O) groups is 4. The first-order chi connectivity index (χ1) is 22.3. The summed E-state index contributed by atoms with van der Waals surface area (Å²) in [5.41, 5.74) is 5.07. The van der Waals surface area contributed by atoms with E-state index in [-0.39, 0.29) is 47.5 Å². The first-order valence-electron chi connectivity index (χ1n) is 16.3. The monoisotopic (exact) mass is 616 g/mol. The predicted octanol–water partition coefficient (Wildman–Crippen LogP) is 4.84. The first kappa shape index (κ1) is 28.9. The summed E-state index contributed by atoms with van der Waals surface area (Å²) >= 11 is 0. The molecule has 8 nitrogen and oxygen atoms in total. The van der Waals surface area contributed by atoms with E-state index in [0.717, 1.165) is 49.2 Å². The van der Waals surface area contributed by atoms with E-state index < -0.39 is 17.8 Å². The van der Waals surface area contributed by atoms with E-state index in [1.165, 1.54) is 11.6 Å². The molecule has 46 heavy (non-hydrogen) atoms. The van der Waals surface area contributed by atoms with Crippen molar-refractivity contribution in [1.29, 1.82) is 0 Å². The number of phenolic OH excluding ortho intramolecular Hbond substituents is 1. The van der Waals surface area contributed by atoms with E-state index in [2.05, 4.69) is 23.1 Å². The smallest absolute Gasteiger partial charge is 0.233 e. The zero-order valence-corrected chi connectivity index (χ0v) is 25.8. The Morgan fingerprint density at radius 1 is 0.957 bits per heavy atom. The fraction of sp³-hybridized carbons (Fsp3) is 0.368. The molecule has 2 fully saturated rings. The van der Waals surface area contributed by atoms with Gasteiger partial charge < -0.3 is 9.84 Å². The van der Waals surface area contributed by atoms with Crippen molar-refractivity contribution in [1.82, 2.24) is 9.80 Å². The number of amides is 2. The van der Waals surface area contributed by atoms with Gasteiger partial charge in [-0.05, 0) is 73.9 Å². The third-order valence-electron chi connectivity index (χ3n) is 10.9. The maximum absolute atomic E-state index is 14.3.